The fourth-order valence-electron chi connectivity index (χ4n) is 2.06. The van der Waals surface area contributed by atoms with Crippen molar-refractivity contribution in [2.45, 2.75) is 29.6 Å². The minimum absolute atomic E-state index is 0.305. The smallest absolute Gasteiger partial charge is 0.386 e. The van der Waals surface area contributed by atoms with Crippen LogP contribution in [0.3, 0.4) is 0 Å². The summed E-state index contributed by atoms with van der Waals surface area (Å²) < 4.78 is 38.1. The first-order valence-corrected chi connectivity index (χ1v) is 6.59. The molecule has 6 heteroatoms. The number of hydrogen-bond acceptors (Lipinski definition) is 3. The van der Waals surface area contributed by atoms with E-state index < -0.39 is 18.3 Å². The highest BCUT2D eigenvalue weighted by Gasteiger charge is 2.43. The summed E-state index contributed by atoms with van der Waals surface area (Å²) in [5, 5.41) is 12.0. The molecule has 2 rings (SSSR count). The minimum atomic E-state index is -4.47. The number of rotatable bonds is 3. The fourth-order valence-corrected chi connectivity index (χ4v) is 3.18. The van der Waals surface area contributed by atoms with Crippen LogP contribution in [0, 0.1) is 0 Å². The normalized spacial score (nSPS) is 18.5. The summed E-state index contributed by atoms with van der Waals surface area (Å²) in [5.41, 5.74) is 1.45. The second-order valence-electron chi connectivity index (χ2n) is 4.22. The number of fused-ring (bicyclic) bond motifs is 1. The maximum Gasteiger partial charge on any atom is 0.406 e. The molecule has 0 radical (unpaired) electrons. The summed E-state index contributed by atoms with van der Waals surface area (Å²) in [5.74, 6) is 0.948. The van der Waals surface area contributed by atoms with Crippen molar-refractivity contribution in [3.05, 3.63) is 29.3 Å². The molecule has 0 aromatic heterocycles. The Morgan fingerprint density at radius 1 is 1.39 bits per heavy atom. The average molecular weight is 277 g/mol. The number of aliphatic hydroxyl groups excluding tert-OH is 1. The molecular formula is C12H14F3NOS. The number of benzene rings is 1. The summed E-state index contributed by atoms with van der Waals surface area (Å²) in [6, 6.07) is 3.10. The first-order chi connectivity index (χ1) is 8.43. The lowest BCUT2D eigenvalue weighted by Crippen LogP contribution is -2.44. The molecular weight excluding hydrogens is 263 g/mol. The molecule has 0 fully saturated rings. The zero-order valence-corrected chi connectivity index (χ0v) is 10.6. The number of thioether (sulfide) groups is 1. The van der Waals surface area contributed by atoms with E-state index in [1.165, 1.54) is 7.05 Å². The first-order valence-electron chi connectivity index (χ1n) is 5.61. The van der Waals surface area contributed by atoms with E-state index in [4.69, 9.17) is 0 Å². The standard InChI is InChI=1S/C12H14F3NOS/c1-16-11(12(13,14)15)10(17)8-3-2-7-4-5-18-9(7)6-8/h2-3,6,10-11,16-17H,4-5H2,1H3. The molecule has 0 aliphatic carbocycles. The van der Waals surface area contributed by atoms with Crippen molar-refractivity contribution in [1.29, 1.82) is 0 Å². The number of hydrogen-bond donors (Lipinski definition) is 2. The largest absolute Gasteiger partial charge is 0.406 e. The van der Waals surface area contributed by atoms with Gasteiger partial charge in [-0.25, -0.2) is 0 Å². The number of likely N-dealkylation sites (N-methyl/N-ethyl adjacent to an activating group) is 1. The van der Waals surface area contributed by atoms with Crippen LogP contribution in [0.4, 0.5) is 13.2 Å². The Hall–Kier alpha value is -0.720. The maximum absolute atomic E-state index is 12.7. The second-order valence-corrected chi connectivity index (χ2v) is 5.36. The predicted molar refractivity (Wildman–Crippen MR) is 64.7 cm³/mol. The molecule has 2 N–H and O–H groups in total. The number of alkyl halides is 3. The lowest BCUT2D eigenvalue weighted by atomic mass is 10.00. The summed E-state index contributed by atoms with van der Waals surface area (Å²) in [6.45, 7) is 0. The van der Waals surface area contributed by atoms with Crippen molar-refractivity contribution in [1.82, 2.24) is 5.32 Å². The zero-order chi connectivity index (χ0) is 13.3. The molecule has 0 bridgehead atoms. The predicted octanol–water partition coefficient (Wildman–Crippen LogP) is 2.52. The second kappa shape index (κ2) is 5.11. The zero-order valence-electron chi connectivity index (χ0n) is 9.79. The minimum Gasteiger partial charge on any atom is -0.386 e. The SMILES string of the molecule is CNC(C(O)c1ccc2c(c1)SCC2)C(F)(F)F. The highest BCUT2D eigenvalue weighted by molar-refractivity contribution is 7.99. The molecule has 1 aromatic rings. The van der Waals surface area contributed by atoms with Gasteiger partial charge >= 0.3 is 6.18 Å². The highest BCUT2D eigenvalue weighted by Crippen LogP contribution is 2.36. The molecule has 1 aliphatic heterocycles. The molecule has 2 atom stereocenters. The van der Waals surface area contributed by atoms with Crippen LogP contribution >= 0.6 is 11.8 Å². The topological polar surface area (TPSA) is 32.3 Å². The van der Waals surface area contributed by atoms with Gasteiger partial charge in [0.2, 0.25) is 0 Å². The van der Waals surface area contributed by atoms with Gasteiger partial charge in [0.15, 0.2) is 0 Å². The van der Waals surface area contributed by atoms with Crippen molar-refractivity contribution >= 4 is 11.8 Å². The maximum atomic E-state index is 12.7. The Balaban J connectivity index is 2.25. The van der Waals surface area contributed by atoms with Gasteiger partial charge in [-0.3, -0.25) is 0 Å². The van der Waals surface area contributed by atoms with Crippen molar-refractivity contribution < 1.29 is 18.3 Å². The highest BCUT2D eigenvalue weighted by atomic mass is 32.2. The quantitative estimate of drug-likeness (QED) is 0.890. The molecule has 18 heavy (non-hydrogen) atoms. The number of aliphatic hydroxyl groups is 1. The fraction of sp³-hybridized carbons (Fsp3) is 0.500. The van der Waals surface area contributed by atoms with E-state index in [0.717, 1.165) is 22.6 Å². The van der Waals surface area contributed by atoms with Gasteiger partial charge in [-0.2, -0.15) is 13.2 Å². The summed E-state index contributed by atoms with van der Waals surface area (Å²) in [4.78, 5) is 0.976. The van der Waals surface area contributed by atoms with Crippen molar-refractivity contribution in [3.63, 3.8) is 0 Å². The molecule has 0 saturated carbocycles. The van der Waals surface area contributed by atoms with Crippen LogP contribution in [0.1, 0.15) is 17.2 Å². The van der Waals surface area contributed by atoms with Crippen LogP contribution in [0.2, 0.25) is 0 Å². The lowest BCUT2D eigenvalue weighted by Gasteiger charge is -2.25. The Kier molecular flexibility index (Phi) is 3.89. The molecule has 0 spiro atoms. The summed E-state index contributed by atoms with van der Waals surface area (Å²) >= 11 is 1.61. The summed E-state index contributed by atoms with van der Waals surface area (Å²) in [7, 11) is 1.20. The Morgan fingerprint density at radius 2 is 2.11 bits per heavy atom. The monoisotopic (exact) mass is 277 g/mol. The third kappa shape index (κ3) is 2.65. The third-order valence-corrected chi connectivity index (χ3v) is 4.14. The Morgan fingerprint density at radius 3 is 2.72 bits per heavy atom. The van der Waals surface area contributed by atoms with Crippen molar-refractivity contribution in [2.75, 3.05) is 12.8 Å². The molecule has 0 saturated heterocycles. The van der Waals surface area contributed by atoms with Crippen molar-refractivity contribution in [2.24, 2.45) is 0 Å². The molecule has 0 amide bonds. The van der Waals surface area contributed by atoms with Crippen LogP contribution in [0.25, 0.3) is 0 Å². The van der Waals surface area contributed by atoms with Gasteiger partial charge in [0.25, 0.3) is 0 Å². The van der Waals surface area contributed by atoms with E-state index in [9.17, 15) is 18.3 Å². The van der Waals surface area contributed by atoms with E-state index >= 15 is 0 Å². The molecule has 1 aliphatic rings. The van der Waals surface area contributed by atoms with Gasteiger partial charge in [0, 0.05) is 10.6 Å². The van der Waals surface area contributed by atoms with Gasteiger partial charge < -0.3 is 10.4 Å². The van der Waals surface area contributed by atoms with Crippen molar-refractivity contribution in [3.8, 4) is 0 Å². The van der Waals surface area contributed by atoms with Crippen LogP contribution in [0.15, 0.2) is 23.1 Å². The first kappa shape index (κ1) is 13.7. The Labute approximate surface area is 108 Å². The van der Waals surface area contributed by atoms with Crippen LogP contribution < -0.4 is 5.32 Å². The third-order valence-electron chi connectivity index (χ3n) is 3.04. The molecule has 2 unspecified atom stereocenters. The van der Waals surface area contributed by atoms with Crippen LogP contribution in [-0.2, 0) is 6.42 Å². The summed E-state index contributed by atoms with van der Waals surface area (Å²) in [6.07, 6.45) is -5.12. The Bertz CT molecular complexity index is 436. The van der Waals surface area contributed by atoms with E-state index in [2.05, 4.69) is 5.32 Å². The lowest BCUT2D eigenvalue weighted by molar-refractivity contribution is -0.177. The molecule has 1 heterocycles. The number of nitrogens with one attached hydrogen (secondary N) is 1. The van der Waals surface area contributed by atoms with Gasteiger partial charge in [-0.1, -0.05) is 12.1 Å². The van der Waals surface area contributed by atoms with Crippen LogP contribution in [-0.4, -0.2) is 30.1 Å². The van der Waals surface area contributed by atoms with Gasteiger partial charge in [-0.05, 0) is 30.7 Å². The molecule has 1 aromatic carbocycles. The van der Waals surface area contributed by atoms with Gasteiger partial charge in [0.1, 0.15) is 12.1 Å². The van der Waals surface area contributed by atoms with E-state index in [0.29, 0.717) is 5.56 Å². The van der Waals surface area contributed by atoms with E-state index in [-0.39, 0.29) is 0 Å². The van der Waals surface area contributed by atoms with E-state index in [1.807, 2.05) is 0 Å². The van der Waals surface area contributed by atoms with E-state index in [1.54, 1.807) is 30.0 Å². The number of halogens is 3. The van der Waals surface area contributed by atoms with Gasteiger partial charge in [0.05, 0.1) is 0 Å². The molecule has 2 nitrogen and oxygen atoms in total. The number of aryl methyl sites for hydroxylation is 1. The molecule has 100 valence electrons. The van der Waals surface area contributed by atoms with Crippen LogP contribution in [0.5, 0.6) is 0 Å². The average Bonchev–Trinajstić information content (AvgIpc) is 2.74. The van der Waals surface area contributed by atoms with Gasteiger partial charge in [-0.15, -0.1) is 11.8 Å².